The number of methoxy groups -OCH3 is 1. The maximum absolute atomic E-state index is 10.9. The molecule has 0 radical (unpaired) electrons. The SMILES string of the molecule is COC(=O)CCCN1CCCCC1C#N. The maximum atomic E-state index is 10.9. The molecule has 4 nitrogen and oxygen atoms in total. The normalized spacial score (nSPS) is 22.0. The summed E-state index contributed by atoms with van der Waals surface area (Å²) in [6.45, 7) is 1.81. The predicted molar refractivity (Wildman–Crippen MR) is 56.1 cm³/mol. The van der Waals surface area contributed by atoms with Crippen molar-refractivity contribution in [2.24, 2.45) is 0 Å². The highest BCUT2D eigenvalue weighted by Gasteiger charge is 2.21. The van der Waals surface area contributed by atoms with Gasteiger partial charge in [-0.25, -0.2) is 0 Å². The van der Waals surface area contributed by atoms with Gasteiger partial charge in [0.15, 0.2) is 0 Å². The third-order valence-corrected chi connectivity index (χ3v) is 2.82. The van der Waals surface area contributed by atoms with Crippen LogP contribution in [0, 0.1) is 11.3 Å². The molecule has 1 aliphatic rings. The first kappa shape index (κ1) is 12.0. The molecule has 84 valence electrons. The lowest BCUT2D eigenvalue weighted by Gasteiger charge is -2.30. The van der Waals surface area contributed by atoms with Crippen molar-refractivity contribution in [3.63, 3.8) is 0 Å². The molecule has 15 heavy (non-hydrogen) atoms. The molecule has 0 spiro atoms. The summed E-state index contributed by atoms with van der Waals surface area (Å²) in [5, 5.41) is 8.93. The Kier molecular flexibility index (Phi) is 5.13. The van der Waals surface area contributed by atoms with Crippen molar-refractivity contribution in [2.75, 3.05) is 20.2 Å². The molecule has 1 rings (SSSR count). The van der Waals surface area contributed by atoms with E-state index < -0.39 is 0 Å². The summed E-state index contributed by atoms with van der Waals surface area (Å²) < 4.78 is 4.57. The number of carbonyl (C=O) groups is 1. The van der Waals surface area contributed by atoms with Gasteiger partial charge in [-0.2, -0.15) is 5.26 Å². The Labute approximate surface area is 90.8 Å². The number of ether oxygens (including phenoxy) is 1. The van der Waals surface area contributed by atoms with E-state index in [1.54, 1.807) is 0 Å². The van der Waals surface area contributed by atoms with Gasteiger partial charge in [0.05, 0.1) is 19.2 Å². The van der Waals surface area contributed by atoms with Crippen LogP contribution in [0.25, 0.3) is 0 Å². The zero-order valence-electron chi connectivity index (χ0n) is 9.24. The minimum Gasteiger partial charge on any atom is -0.469 e. The van der Waals surface area contributed by atoms with Crippen LogP contribution in [0.5, 0.6) is 0 Å². The molecule has 0 aromatic rings. The number of piperidine rings is 1. The summed E-state index contributed by atoms with van der Waals surface area (Å²) in [5.74, 6) is -0.166. The van der Waals surface area contributed by atoms with Crippen LogP contribution >= 0.6 is 0 Å². The number of likely N-dealkylation sites (tertiary alicyclic amines) is 1. The number of hydrogen-bond donors (Lipinski definition) is 0. The predicted octanol–water partition coefficient (Wildman–Crippen LogP) is 1.32. The zero-order chi connectivity index (χ0) is 11.1. The number of rotatable bonds is 4. The standard InChI is InChI=1S/C11H18N2O2/c1-15-11(14)6-4-8-13-7-3-2-5-10(13)9-12/h10H,2-8H2,1H3. The fourth-order valence-electron chi connectivity index (χ4n) is 1.93. The van der Waals surface area contributed by atoms with Crippen molar-refractivity contribution in [2.45, 2.75) is 38.1 Å². The average molecular weight is 210 g/mol. The molecule has 0 amide bonds. The number of hydrogen-bond acceptors (Lipinski definition) is 4. The van der Waals surface area contributed by atoms with Crippen molar-refractivity contribution < 1.29 is 9.53 Å². The Morgan fingerprint density at radius 2 is 2.40 bits per heavy atom. The number of carbonyl (C=O) groups excluding carboxylic acids is 1. The van der Waals surface area contributed by atoms with Gasteiger partial charge < -0.3 is 4.74 Å². The van der Waals surface area contributed by atoms with Gasteiger partial charge in [0.25, 0.3) is 0 Å². The highest BCUT2D eigenvalue weighted by molar-refractivity contribution is 5.69. The van der Waals surface area contributed by atoms with Crippen molar-refractivity contribution in [3.05, 3.63) is 0 Å². The molecule has 0 bridgehead atoms. The van der Waals surface area contributed by atoms with Crippen LogP contribution < -0.4 is 0 Å². The van der Waals surface area contributed by atoms with E-state index in [0.717, 1.165) is 38.8 Å². The monoisotopic (exact) mass is 210 g/mol. The van der Waals surface area contributed by atoms with Crippen LogP contribution in [0.3, 0.4) is 0 Å². The van der Waals surface area contributed by atoms with Crippen LogP contribution in [0.15, 0.2) is 0 Å². The van der Waals surface area contributed by atoms with Gasteiger partial charge in [-0.15, -0.1) is 0 Å². The molecule has 0 aromatic carbocycles. The Hall–Kier alpha value is -1.08. The molecule has 1 aliphatic heterocycles. The Morgan fingerprint density at radius 1 is 1.60 bits per heavy atom. The first-order chi connectivity index (χ1) is 7.27. The fraction of sp³-hybridized carbons (Fsp3) is 0.818. The summed E-state index contributed by atoms with van der Waals surface area (Å²) in [6, 6.07) is 2.37. The van der Waals surface area contributed by atoms with Gasteiger partial charge in [-0.05, 0) is 38.8 Å². The topological polar surface area (TPSA) is 53.3 Å². The van der Waals surface area contributed by atoms with Crippen molar-refractivity contribution in [1.29, 1.82) is 5.26 Å². The Morgan fingerprint density at radius 3 is 3.07 bits per heavy atom. The summed E-state index contributed by atoms with van der Waals surface area (Å²) in [5.41, 5.74) is 0. The molecular weight excluding hydrogens is 192 g/mol. The third kappa shape index (κ3) is 3.88. The first-order valence-electron chi connectivity index (χ1n) is 5.48. The molecule has 0 N–H and O–H groups in total. The van der Waals surface area contributed by atoms with E-state index in [0.29, 0.717) is 6.42 Å². The van der Waals surface area contributed by atoms with Crippen LogP contribution in [0.2, 0.25) is 0 Å². The van der Waals surface area contributed by atoms with E-state index in [1.807, 2.05) is 0 Å². The molecule has 1 fully saturated rings. The second kappa shape index (κ2) is 6.41. The lowest BCUT2D eigenvalue weighted by Crippen LogP contribution is -2.39. The quantitative estimate of drug-likeness (QED) is 0.657. The zero-order valence-corrected chi connectivity index (χ0v) is 9.24. The second-order valence-electron chi connectivity index (χ2n) is 3.86. The second-order valence-corrected chi connectivity index (χ2v) is 3.86. The van der Waals surface area contributed by atoms with E-state index in [9.17, 15) is 4.79 Å². The van der Waals surface area contributed by atoms with Gasteiger partial charge in [0.1, 0.15) is 0 Å². The molecule has 1 atom stereocenters. The smallest absolute Gasteiger partial charge is 0.305 e. The average Bonchev–Trinajstić information content (AvgIpc) is 2.29. The minimum absolute atomic E-state index is 0.0522. The molecule has 0 saturated carbocycles. The summed E-state index contributed by atoms with van der Waals surface area (Å²) in [4.78, 5) is 13.1. The van der Waals surface area contributed by atoms with E-state index in [-0.39, 0.29) is 12.0 Å². The molecule has 1 unspecified atom stereocenters. The van der Waals surface area contributed by atoms with E-state index >= 15 is 0 Å². The highest BCUT2D eigenvalue weighted by Crippen LogP contribution is 2.16. The van der Waals surface area contributed by atoms with Crippen LogP contribution in [-0.2, 0) is 9.53 Å². The van der Waals surface area contributed by atoms with Crippen molar-refractivity contribution >= 4 is 5.97 Å². The molecule has 1 heterocycles. The van der Waals surface area contributed by atoms with Gasteiger partial charge in [-0.1, -0.05) is 0 Å². The van der Waals surface area contributed by atoms with Crippen LogP contribution in [0.4, 0.5) is 0 Å². The third-order valence-electron chi connectivity index (χ3n) is 2.82. The fourth-order valence-corrected chi connectivity index (χ4v) is 1.93. The molecule has 0 aliphatic carbocycles. The van der Waals surface area contributed by atoms with E-state index in [2.05, 4.69) is 15.7 Å². The number of nitriles is 1. The Bertz CT molecular complexity index is 247. The lowest BCUT2D eigenvalue weighted by atomic mass is 10.0. The maximum Gasteiger partial charge on any atom is 0.305 e. The van der Waals surface area contributed by atoms with E-state index in [1.165, 1.54) is 7.11 Å². The Balaban J connectivity index is 2.24. The lowest BCUT2D eigenvalue weighted by molar-refractivity contribution is -0.140. The number of esters is 1. The molecule has 0 aromatic heterocycles. The van der Waals surface area contributed by atoms with Gasteiger partial charge in [0, 0.05) is 6.42 Å². The first-order valence-corrected chi connectivity index (χ1v) is 5.48. The van der Waals surface area contributed by atoms with E-state index in [4.69, 9.17) is 5.26 Å². The van der Waals surface area contributed by atoms with Gasteiger partial charge in [-0.3, -0.25) is 9.69 Å². The van der Waals surface area contributed by atoms with Crippen LogP contribution in [-0.4, -0.2) is 37.1 Å². The molecular formula is C11H18N2O2. The largest absolute Gasteiger partial charge is 0.469 e. The molecule has 4 heteroatoms. The van der Waals surface area contributed by atoms with Gasteiger partial charge in [0.2, 0.25) is 0 Å². The van der Waals surface area contributed by atoms with Crippen molar-refractivity contribution in [1.82, 2.24) is 4.90 Å². The number of nitrogens with zero attached hydrogens (tertiary/aromatic N) is 2. The summed E-state index contributed by atoms with van der Waals surface area (Å²) >= 11 is 0. The molecule has 1 saturated heterocycles. The van der Waals surface area contributed by atoms with Gasteiger partial charge >= 0.3 is 5.97 Å². The summed E-state index contributed by atoms with van der Waals surface area (Å²) in [7, 11) is 1.40. The van der Waals surface area contributed by atoms with Crippen LogP contribution in [0.1, 0.15) is 32.1 Å². The van der Waals surface area contributed by atoms with Crippen molar-refractivity contribution in [3.8, 4) is 6.07 Å². The minimum atomic E-state index is -0.166. The highest BCUT2D eigenvalue weighted by atomic mass is 16.5. The summed E-state index contributed by atoms with van der Waals surface area (Å²) in [6.07, 6.45) is 4.51.